The van der Waals surface area contributed by atoms with Gasteiger partial charge in [-0.15, -0.1) is 0 Å². The maximum atomic E-state index is 5.52. The van der Waals surface area contributed by atoms with Crippen LogP contribution in [0.25, 0.3) is 0 Å². The minimum Gasteiger partial charge on any atom is -0.373 e. The van der Waals surface area contributed by atoms with E-state index in [1.165, 1.54) is 18.5 Å². The van der Waals surface area contributed by atoms with Crippen LogP contribution < -0.4 is 0 Å². The molecule has 1 aromatic rings. The van der Waals surface area contributed by atoms with Crippen LogP contribution in [-0.2, 0) is 11.3 Å². The molecule has 0 atom stereocenters. The van der Waals surface area contributed by atoms with E-state index in [0.717, 1.165) is 11.6 Å². The highest BCUT2D eigenvalue weighted by atomic mass is 16.5. The van der Waals surface area contributed by atoms with Gasteiger partial charge in [-0.2, -0.15) is 0 Å². The lowest BCUT2D eigenvalue weighted by Crippen LogP contribution is -2.04. The van der Waals surface area contributed by atoms with Gasteiger partial charge in [-0.25, -0.2) is 0 Å². The van der Waals surface area contributed by atoms with Gasteiger partial charge >= 0.3 is 0 Å². The highest BCUT2D eigenvalue weighted by Gasteiger charge is 2.24. The Labute approximate surface area is 85.3 Å². The Balaban J connectivity index is 1.99. The molecule has 2 rings (SSSR count). The van der Waals surface area contributed by atoms with Crippen molar-refractivity contribution in [2.24, 2.45) is 0 Å². The summed E-state index contributed by atoms with van der Waals surface area (Å²) < 4.78 is 5.52. The average molecular weight is 191 g/mol. The highest BCUT2D eigenvalue weighted by molar-refractivity contribution is 5.18. The molecule has 0 spiro atoms. The first-order valence-corrected chi connectivity index (χ1v) is 5.33. The van der Waals surface area contributed by atoms with Crippen LogP contribution in [0.5, 0.6) is 0 Å². The van der Waals surface area contributed by atoms with Crippen LogP contribution in [0.2, 0.25) is 0 Å². The van der Waals surface area contributed by atoms with Crippen LogP contribution in [0.15, 0.2) is 18.2 Å². The van der Waals surface area contributed by atoms with Gasteiger partial charge in [-0.05, 0) is 38.8 Å². The van der Waals surface area contributed by atoms with Gasteiger partial charge in [0.05, 0.1) is 18.4 Å². The van der Waals surface area contributed by atoms with Crippen LogP contribution in [0, 0.1) is 0 Å². The van der Waals surface area contributed by atoms with Crippen molar-refractivity contribution in [2.45, 2.75) is 45.3 Å². The summed E-state index contributed by atoms with van der Waals surface area (Å²) in [6.07, 6.45) is 2.89. The van der Waals surface area contributed by atoms with Crippen LogP contribution >= 0.6 is 0 Å². The Morgan fingerprint density at radius 3 is 2.86 bits per heavy atom. The molecule has 1 heterocycles. The van der Waals surface area contributed by atoms with E-state index >= 15 is 0 Å². The van der Waals surface area contributed by atoms with Crippen molar-refractivity contribution in [3.8, 4) is 0 Å². The Kier molecular flexibility index (Phi) is 2.82. The molecule has 0 bridgehead atoms. The lowest BCUT2D eigenvalue weighted by Gasteiger charge is -2.07. The lowest BCUT2D eigenvalue weighted by molar-refractivity contribution is 0.0635. The Morgan fingerprint density at radius 2 is 2.21 bits per heavy atom. The topological polar surface area (TPSA) is 22.1 Å². The molecule has 0 aromatic carbocycles. The van der Waals surface area contributed by atoms with Crippen molar-refractivity contribution in [1.29, 1.82) is 0 Å². The Bertz CT molecular complexity index is 305. The van der Waals surface area contributed by atoms with E-state index in [2.05, 4.69) is 17.1 Å². The van der Waals surface area contributed by atoms with Crippen LogP contribution in [0.1, 0.15) is 44.0 Å². The van der Waals surface area contributed by atoms with Gasteiger partial charge in [0, 0.05) is 11.6 Å². The van der Waals surface area contributed by atoms with E-state index < -0.39 is 0 Å². The number of ether oxygens (including phenoxy) is 1. The molecule has 1 fully saturated rings. The Hall–Kier alpha value is -0.890. The third-order valence-corrected chi connectivity index (χ3v) is 2.39. The molecule has 0 saturated heterocycles. The fraction of sp³-hybridized carbons (Fsp3) is 0.583. The van der Waals surface area contributed by atoms with Crippen LogP contribution in [0.4, 0.5) is 0 Å². The molecule has 0 amide bonds. The van der Waals surface area contributed by atoms with E-state index in [1.54, 1.807) is 0 Å². The van der Waals surface area contributed by atoms with Gasteiger partial charge in [0.15, 0.2) is 0 Å². The SMILES string of the molecule is CC(C)OCc1cccc(C2CC2)n1. The molecule has 0 radical (unpaired) electrons. The number of pyridine rings is 1. The number of rotatable bonds is 4. The van der Waals surface area contributed by atoms with Gasteiger partial charge in [-0.3, -0.25) is 4.98 Å². The largest absolute Gasteiger partial charge is 0.373 e. The third-order valence-electron chi connectivity index (χ3n) is 2.39. The Morgan fingerprint density at radius 1 is 1.43 bits per heavy atom. The van der Waals surface area contributed by atoms with E-state index in [4.69, 9.17) is 4.74 Å². The smallest absolute Gasteiger partial charge is 0.0891 e. The van der Waals surface area contributed by atoms with E-state index in [9.17, 15) is 0 Å². The fourth-order valence-electron chi connectivity index (χ4n) is 1.44. The van der Waals surface area contributed by atoms with Crippen LogP contribution in [-0.4, -0.2) is 11.1 Å². The monoisotopic (exact) mass is 191 g/mol. The molecule has 2 heteroatoms. The minimum atomic E-state index is 0.279. The zero-order valence-electron chi connectivity index (χ0n) is 8.86. The molecule has 1 aromatic heterocycles. The fourth-order valence-corrected chi connectivity index (χ4v) is 1.44. The average Bonchev–Trinajstić information content (AvgIpc) is 2.98. The van der Waals surface area contributed by atoms with E-state index in [0.29, 0.717) is 6.61 Å². The molecule has 0 aliphatic heterocycles. The summed E-state index contributed by atoms with van der Waals surface area (Å²) in [4.78, 5) is 4.58. The quantitative estimate of drug-likeness (QED) is 0.730. The zero-order valence-corrected chi connectivity index (χ0v) is 8.86. The van der Waals surface area contributed by atoms with Crippen molar-refractivity contribution in [3.05, 3.63) is 29.6 Å². The van der Waals surface area contributed by atoms with Gasteiger partial charge < -0.3 is 4.74 Å². The summed E-state index contributed by atoms with van der Waals surface area (Å²) in [6.45, 7) is 4.73. The van der Waals surface area contributed by atoms with Crippen molar-refractivity contribution >= 4 is 0 Å². The van der Waals surface area contributed by atoms with E-state index in [1.807, 2.05) is 19.9 Å². The molecule has 14 heavy (non-hydrogen) atoms. The van der Waals surface area contributed by atoms with Crippen molar-refractivity contribution in [2.75, 3.05) is 0 Å². The molecule has 0 unspecified atom stereocenters. The summed E-state index contributed by atoms with van der Waals surface area (Å²) in [5.74, 6) is 0.731. The number of aromatic nitrogens is 1. The molecular formula is C12H17NO. The van der Waals surface area contributed by atoms with Crippen molar-refractivity contribution in [3.63, 3.8) is 0 Å². The summed E-state index contributed by atoms with van der Waals surface area (Å²) in [6, 6.07) is 6.24. The highest BCUT2D eigenvalue weighted by Crippen LogP contribution is 2.38. The second-order valence-electron chi connectivity index (χ2n) is 4.19. The molecule has 1 saturated carbocycles. The summed E-state index contributed by atoms with van der Waals surface area (Å²) in [5.41, 5.74) is 2.30. The number of hydrogen-bond acceptors (Lipinski definition) is 2. The van der Waals surface area contributed by atoms with Gasteiger partial charge in [0.2, 0.25) is 0 Å². The maximum Gasteiger partial charge on any atom is 0.0891 e. The van der Waals surface area contributed by atoms with E-state index in [-0.39, 0.29) is 6.10 Å². The molecule has 2 nitrogen and oxygen atoms in total. The third kappa shape index (κ3) is 2.55. The second-order valence-corrected chi connectivity index (χ2v) is 4.19. The van der Waals surface area contributed by atoms with Crippen molar-refractivity contribution < 1.29 is 4.74 Å². The predicted molar refractivity (Wildman–Crippen MR) is 56.1 cm³/mol. The number of hydrogen-bond donors (Lipinski definition) is 0. The van der Waals surface area contributed by atoms with Gasteiger partial charge in [-0.1, -0.05) is 6.07 Å². The molecule has 1 aliphatic rings. The first-order chi connectivity index (χ1) is 6.75. The van der Waals surface area contributed by atoms with Gasteiger partial charge in [0.1, 0.15) is 0 Å². The normalized spacial score (nSPS) is 16.2. The summed E-state index contributed by atoms with van der Waals surface area (Å²) in [7, 11) is 0. The second kappa shape index (κ2) is 4.09. The lowest BCUT2D eigenvalue weighted by atomic mass is 10.2. The van der Waals surface area contributed by atoms with Crippen molar-refractivity contribution in [1.82, 2.24) is 4.98 Å². The van der Waals surface area contributed by atoms with Gasteiger partial charge in [0.25, 0.3) is 0 Å². The molecule has 76 valence electrons. The number of nitrogens with zero attached hydrogens (tertiary/aromatic N) is 1. The summed E-state index contributed by atoms with van der Waals surface area (Å²) >= 11 is 0. The zero-order chi connectivity index (χ0) is 9.97. The maximum absolute atomic E-state index is 5.52. The standard InChI is InChI=1S/C12H17NO/c1-9(2)14-8-11-4-3-5-12(13-11)10-6-7-10/h3-5,9-10H,6-8H2,1-2H3. The molecule has 0 N–H and O–H groups in total. The first kappa shape index (κ1) is 9.66. The minimum absolute atomic E-state index is 0.279. The molecule has 1 aliphatic carbocycles. The molecular weight excluding hydrogens is 174 g/mol. The predicted octanol–water partition coefficient (Wildman–Crippen LogP) is 2.88. The first-order valence-electron chi connectivity index (χ1n) is 5.33. The van der Waals surface area contributed by atoms with Crippen LogP contribution in [0.3, 0.4) is 0 Å². The summed E-state index contributed by atoms with van der Waals surface area (Å²) in [5, 5.41) is 0.